The Labute approximate surface area is 252 Å². The van der Waals surface area contributed by atoms with E-state index in [0.29, 0.717) is 18.1 Å². The topological polar surface area (TPSA) is 114 Å². The summed E-state index contributed by atoms with van der Waals surface area (Å²) < 4.78 is 50.4. The summed E-state index contributed by atoms with van der Waals surface area (Å²) in [4.78, 5) is 33.4. The maximum atomic E-state index is 13.5. The largest absolute Gasteiger partial charge is 0.542 e. The molecule has 2 heterocycles. The maximum Gasteiger partial charge on any atom is 0.430 e. The number of carbonyl (C=O) groups is 3. The predicted octanol–water partition coefficient (Wildman–Crippen LogP) is 4.41. The Balaban J connectivity index is 0.000000566. The molecule has 2 unspecified atom stereocenters. The molecule has 12 heteroatoms. The van der Waals surface area contributed by atoms with Gasteiger partial charge in [-0.25, -0.2) is 0 Å². The van der Waals surface area contributed by atoms with E-state index in [-0.39, 0.29) is 18.0 Å². The maximum absolute atomic E-state index is 13.5. The number of ether oxygens (including phenoxy) is 3. The van der Waals surface area contributed by atoms with E-state index >= 15 is 0 Å². The van der Waals surface area contributed by atoms with Crippen LogP contribution < -0.4 is 19.9 Å². The third kappa shape index (κ3) is 8.50. The highest BCUT2D eigenvalue weighted by atomic mass is 19.4. The molecule has 0 spiro atoms. The Morgan fingerprint density at radius 3 is 2.09 bits per heavy atom. The van der Waals surface area contributed by atoms with E-state index in [4.69, 9.17) is 24.1 Å². The first-order chi connectivity index (χ1) is 20.8. The van der Waals surface area contributed by atoms with Crippen molar-refractivity contribution < 1.29 is 51.4 Å². The van der Waals surface area contributed by atoms with E-state index in [2.05, 4.69) is 12.4 Å². The smallest absolute Gasteiger partial charge is 0.430 e. The molecule has 0 aromatic heterocycles. The molecular formula is C32H33F3N2O7. The minimum absolute atomic E-state index is 0.0948. The number of anilines is 1. The SMILES string of the molecule is CC(=O)Nc1ccc(OCCC[N+]2(C)CCC(OC(=O)C3c4ccccc4Oc4ccccc43)C2)cc1.O=C([O-])C(F)(F)F. The molecule has 0 radical (unpaired) electrons. The number of esters is 1. The van der Waals surface area contributed by atoms with Crippen LogP contribution in [0.4, 0.5) is 18.9 Å². The molecule has 3 aromatic rings. The molecule has 2 aliphatic heterocycles. The van der Waals surface area contributed by atoms with Crippen molar-refractivity contribution in [2.24, 2.45) is 0 Å². The van der Waals surface area contributed by atoms with E-state index in [1.165, 1.54) is 6.92 Å². The molecule has 0 saturated carbocycles. The number of fused-ring (bicyclic) bond motifs is 2. The van der Waals surface area contributed by atoms with Crippen molar-refractivity contribution in [2.75, 3.05) is 38.6 Å². The average molecular weight is 615 g/mol. The van der Waals surface area contributed by atoms with E-state index in [1.807, 2.05) is 72.8 Å². The standard InChI is InChI=1S/C30H32N2O5.C2HF3O2/c1-21(33)31-22-12-14-23(15-13-22)35-19-7-17-32(2)18-16-24(20-32)36-30(34)29-25-8-3-5-10-27(25)37-28-11-6-4-9-26(28)29;3-2(4,5)1(6)7/h3-6,8-15,24,29H,7,16-20H2,1-2H3;(H,6,7). The Kier molecular flexibility index (Phi) is 10.1. The van der Waals surface area contributed by atoms with Crippen LogP contribution in [-0.4, -0.2) is 67.9 Å². The molecule has 1 amide bonds. The van der Waals surface area contributed by atoms with Gasteiger partial charge in [-0.3, -0.25) is 9.59 Å². The molecule has 1 fully saturated rings. The minimum Gasteiger partial charge on any atom is -0.542 e. The van der Waals surface area contributed by atoms with Crippen molar-refractivity contribution in [3.8, 4) is 17.2 Å². The van der Waals surface area contributed by atoms with E-state index in [1.54, 1.807) is 0 Å². The molecule has 234 valence electrons. The number of rotatable bonds is 8. The number of carboxylic acid groups (broad SMARTS) is 1. The summed E-state index contributed by atoms with van der Waals surface area (Å²) in [5.41, 5.74) is 2.45. The number of likely N-dealkylation sites (N-methyl/N-ethyl adjacent to an activating group) is 1. The molecule has 2 aliphatic rings. The second-order valence-electron chi connectivity index (χ2n) is 10.9. The van der Waals surface area contributed by atoms with Crippen LogP contribution in [0.15, 0.2) is 72.8 Å². The van der Waals surface area contributed by atoms with Crippen molar-refractivity contribution in [1.29, 1.82) is 0 Å². The number of likely N-dealkylation sites (tertiary alicyclic amines) is 1. The highest BCUT2D eigenvalue weighted by Crippen LogP contribution is 2.44. The number of carboxylic acids is 1. The number of para-hydroxylation sites is 2. The van der Waals surface area contributed by atoms with Crippen molar-refractivity contribution in [3.05, 3.63) is 83.9 Å². The number of hydrogen-bond donors (Lipinski definition) is 1. The van der Waals surface area contributed by atoms with Gasteiger partial charge in [-0.2, -0.15) is 13.2 Å². The van der Waals surface area contributed by atoms with Crippen LogP contribution in [0, 0.1) is 0 Å². The number of quaternary nitrogens is 1. The lowest BCUT2D eigenvalue weighted by atomic mass is 9.88. The molecule has 1 saturated heterocycles. The van der Waals surface area contributed by atoms with Crippen LogP contribution in [0.5, 0.6) is 17.2 Å². The lowest BCUT2D eigenvalue weighted by Crippen LogP contribution is -2.44. The molecule has 9 nitrogen and oxygen atoms in total. The number of hydrogen-bond acceptors (Lipinski definition) is 7. The lowest BCUT2D eigenvalue weighted by molar-refractivity contribution is -0.899. The summed E-state index contributed by atoms with van der Waals surface area (Å²) in [6, 6.07) is 22.8. The van der Waals surface area contributed by atoms with Crippen LogP contribution in [-0.2, 0) is 19.1 Å². The molecule has 5 rings (SSSR count). The van der Waals surface area contributed by atoms with Crippen molar-refractivity contribution >= 4 is 23.5 Å². The fourth-order valence-corrected chi connectivity index (χ4v) is 5.30. The number of aliphatic carboxylic acids is 1. The van der Waals surface area contributed by atoms with Crippen molar-refractivity contribution in [2.45, 2.75) is 38.0 Å². The average Bonchev–Trinajstić information content (AvgIpc) is 3.34. The van der Waals surface area contributed by atoms with Gasteiger partial charge in [0.2, 0.25) is 5.91 Å². The second-order valence-corrected chi connectivity index (χ2v) is 10.9. The fraction of sp³-hybridized carbons (Fsp3) is 0.344. The zero-order valence-corrected chi connectivity index (χ0v) is 24.3. The lowest BCUT2D eigenvalue weighted by Gasteiger charge is -2.30. The van der Waals surface area contributed by atoms with Gasteiger partial charge < -0.3 is 33.9 Å². The van der Waals surface area contributed by atoms with Gasteiger partial charge in [0.1, 0.15) is 35.7 Å². The van der Waals surface area contributed by atoms with Gasteiger partial charge in [-0.15, -0.1) is 0 Å². The minimum atomic E-state index is -5.19. The monoisotopic (exact) mass is 614 g/mol. The van der Waals surface area contributed by atoms with Gasteiger partial charge in [0, 0.05) is 36.6 Å². The molecule has 0 bridgehead atoms. The number of carbonyl (C=O) groups excluding carboxylic acids is 3. The molecular weight excluding hydrogens is 581 g/mol. The Morgan fingerprint density at radius 2 is 1.55 bits per heavy atom. The van der Waals surface area contributed by atoms with Crippen molar-refractivity contribution in [3.63, 3.8) is 0 Å². The summed E-state index contributed by atoms with van der Waals surface area (Å²) in [5, 5.41) is 11.5. The zero-order chi connectivity index (χ0) is 31.9. The molecule has 3 aromatic carbocycles. The van der Waals surface area contributed by atoms with Crippen LogP contribution >= 0.6 is 0 Å². The second kappa shape index (κ2) is 13.8. The highest BCUT2D eigenvalue weighted by molar-refractivity contribution is 5.88. The Hall–Kier alpha value is -4.58. The van der Waals surface area contributed by atoms with Crippen molar-refractivity contribution in [1.82, 2.24) is 0 Å². The Bertz CT molecular complexity index is 1430. The number of nitrogens with one attached hydrogen (secondary N) is 1. The van der Waals surface area contributed by atoms with Crippen LogP contribution in [0.3, 0.4) is 0 Å². The normalized spacial score (nSPS) is 18.9. The van der Waals surface area contributed by atoms with Crippen LogP contribution in [0.1, 0.15) is 36.8 Å². The number of nitrogens with zero attached hydrogens (tertiary/aromatic N) is 1. The quantitative estimate of drug-likeness (QED) is 0.227. The Morgan fingerprint density at radius 1 is 0.977 bits per heavy atom. The zero-order valence-electron chi connectivity index (χ0n) is 24.3. The molecule has 1 N–H and O–H groups in total. The van der Waals surface area contributed by atoms with Gasteiger partial charge in [0.25, 0.3) is 0 Å². The first kappa shape index (κ1) is 32.3. The van der Waals surface area contributed by atoms with Crippen LogP contribution in [0.2, 0.25) is 0 Å². The van der Waals surface area contributed by atoms with E-state index < -0.39 is 18.1 Å². The molecule has 44 heavy (non-hydrogen) atoms. The van der Waals surface area contributed by atoms with E-state index in [0.717, 1.165) is 59.5 Å². The van der Waals surface area contributed by atoms with Gasteiger partial charge in [0.05, 0.1) is 26.7 Å². The summed E-state index contributed by atoms with van der Waals surface area (Å²) in [7, 11) is 2.22. The third-order valence-electron chi connectivity index (χ3n) is 7.35. The number of alkyl halides is 3. The first-order valence-corrected chi connectivity index (χ1v) is 14.0. The highest BCUT2D eigenvalue weighted by Gasteiger charge is 2.40. The summed E-state index contributed by atoms with van der Waals surface area (Å²) in [5.74, 6) is -1.60. The molecule has 0 aliphatic carbocycles. The van der Waals surface area contributed by atoms with Crippen LogP contribution in [0.25, 0.3) is 0 Å². The fourth-order valence-electron chi connectivity index (χ4n) is 5.30. The summed E-state index contributed by atoms with van der Waals surface area (Å²) >= 11 is 0. The third-order valence-corrected chi connectivity index (χ3v) is 7.35. The number of benzene rings is 3. The predicted molar refractivity (Wildman–Crippen MR) is 152 cm³/mol. The van der Waals surface area contributed by atoms with Gasteiger partial charge in [-0.1, -0.05) is 36.4 Å². The summed E-state index contributed by atoms with van der Waals surface area (Å²) in [6.45, 7) is 4.79. The number of halogens is 3. The van der Waals surface area contributed by atoms with Gasteiger partial charge in [-0.05, 0) is 36.4 Å². The van der Waals surface area contributed by atoms with Gasteiger partial charge >= 0.3 is 12.1 Å². The number of amides is 1. The van der Waals surface area contributed by atoms with E-state index in [9.17, 15) is 22.8 Å². The first-order valence-electron chi connectivity index (χ1n) is 14.0. The van der Waals surface area contributed by atoms with Gasteiger partial charge in [0.15, 0.2) is 6.10 Å². The molecule has 2 atom stereocenters. The summed E-state index contributed by atoms with van der Waals surface area (Å²) in [6.07, 6.45) is -3.56.